The Morgan fingerprint density at radius 1 is 0.733 bits per heavy atom. The van der Waals surface area contributed by atoms with Crippen molar-refractivity contribution in [3.8, 4) is 17.3 Å². The number of piperidine rings is 3. The maximum atomic E-state index is 14.2. The molecule has 5 aromatic rings. The van der Waals surface area contributed by atoms with Gasteiger partial charge in [-0.05, 0) is 80.6 Å². The summed E-state index contributed by atoms with van der Waals surface area (Å²) in [6, 6.07) is 14.0. The van der Waals surface area contributed by atoms with Crippen LogP contribution in [0.3, 0.4) is 0 Å². The van der Waals surface area contributed by atoms with E-state index >= 15 is 0 Å². The zero-order valence-electron chi connectivity index (χ0n) is 32.6. The van der Waals surface area contributed by atoms with E-state index < -0.39 is 29.7 Å². The molecular weight excluding hydrogens is 774 g/mol. The van der Waals surface area contributed by atoms with Crippen LogP contribution in [0.1, 0.15) is 65.3 Å². The zero-order valence-corrected chi connectivity index (χ0v) is 32.6. The number of likely N-dealkylation sites (tertiary alicyclic amines) is 2. The third-order valence-electron chi connectivity index (χ3n) is 12.7. The molecule has 2 aromatic carbocycles. The Hall–Kier alpha value is -6.53. The minimum Gasteiger partial charge on any atom is -0.439 e. The second kappa shape index (κ2) is 14.9. The van der Waals surface area contributed by atoms with Crippen LogP contribution < -0.4 is 26.4 Å². The van der Waals surface area contributed by atoms with Gasteiger partial charge in [-0.15, -0.1) is 0 Å². The molecule has 10 rings (SSSR count). The van der Waals surface area contributed by atoms with Crippen molar-refractivity contribution in [2.24, 2.45) is 0 Å². The second-order valence-corrected chi connectivity index (χ2v) is 16.1. The Bertz CT molecular complexity index is 2590. The normalized spacial score (nSPS) is 21.1. The SMILES string of the molecule is Nc1ncnc2c1n(-c1ccc(Oc3ccc(F)cc3)nc1)c(=O)n2C1CCN(C2CCN(C3CN(c4ccc5c(c4)C(=O)N(C4CCC(=O)NC4=O)C5=O)C3)CC2)CC1. The highest BCUT2D eigenvalue weighted by Crippen LogP contribution is 2.35. The summed E-state index contributed by atoms with van der Waals surface area (Å²) in [5, 5.41) is 2.24. The minimum absolute atomic E-state index is 0.0740. The van der Waals surface area contributed by atoms with Crippen LogP contribution in [0, 0.1) is 5.82 Å². The predicted molar refractivity (Wildman–Crippen MR) is 215 cm³/mol. The molecule has 17 nitrogen and oxygen atoms in total. The number of halogens is 1. The summed E-state index contributed by atoms with van der Waals surface area (Å²) in [5.74, 6) is -1.47. The first kappa shape index (κ1) is 37.7. The van der Waals surface area contributed by atoms with Crippen LogP contribution in [-0.2, 0) is 9.59 Å². The summed E-state index contributed by atoms with van der Waals surface area (Å²) in [6.45, 7) is 5.29. The molecule has 3 aromatic heterocycles. The van der Waals surface area contributed by atoms with Crippen LogP contribution in [-0.4, -0.2) is 120 Å². The molecule has 4 amide bonds. The Morgan fingerprint density at radius 2 is 1.42 bits per heavy atom. The zero-order chi connectivity index (χ0) is 41.2. The smallest absolute Gasteiger partial charge is 0.335 e. The highest BCUT2D eigenvalue weighted by atomic mass is 19.1. The molecule has 4 saturated heterocycles. The number of imidazole rings is 1. The maximum absolute atomic E-state index is 14.2. The third kappa shape index (κ3) is 6.55. The first-order valence-corrected chi connectivity index (χ1v) is 20.3. The summed E-state index contributed by atoms with van der Waals surface area (Å²) < 4.78 is 22.3. The van der Waals surface area contributed by atoms with Crippen molar-refractivity contribution >= 4 is 46.3 Å². The molecule has 5 aliphatic rings. The van der Waals surface area contributed by atoms with Gasteiger partial charge in [0.05, 0.1) is 23.0 Å². The summed E-state index contributed by atoms with van der Waals surface area (Å²) >= 11 is 0. The fourth-order valence-electron chi connectivity index (χ4n) is 9.50. The number of anilines is 2. The van der Waals surface area contributed by atoms with Gasteiger partial charge in [0.1, 0.15) is 29.5 Å². The number of nitrogen functional groups attached to an aromatic ring is 1. The molecule has 308 valence electrons. The molecule has 1 atom stereocenters. The number of aromatic nitrogens is 5. The number of nitrogens with zero attached hydrogens (tertiary/aromatic N) is 9. The van der Waals surface area contributed by atoms with E-state index in [1.807, 2.05) is 6.07 Å². The molecule has 3 N–H and O–H groups in total. The fraction of sp³-hybridized carbons (Fsp3) is 0.381. The van der Waals surface area contributed by atoms with Crippen LogP contribution in [0.4, 0.5) is 15.9 Å². The number of hydrogen-bond acceptors (Lipinski definition) is 13. The van der Waals surface area contributed by atoms with Gasteiger partial charge >= 0.3 is 5.69 Å². The molecule has 4 fully saturated rings. The van der Waals surface area contributed by atoms with Crippen molar-refractivity contribution in [2.45, 2.75) is 62.7 Å². The number of imide groups is 2. The van der Waals surface area contributed by atoms with E-state index in [1.54, 1.807) is 28.8 Å². The Labute approximate surface area is 342 Å². The summed E-state index contributed by atoms with van der Waals surface area (Å²) in [6.07, 6.45) is 6.78. The van der Waals surface area contributed by atoms with Crippen LogP contribution in [0.15, 0.2) is 71.9 Å². The van der Waals surface area contributed by atoms with Crippen LogP contribution in [0.5, 0.6) is 11.6 Å². The van der Waals surface area contributed by atoms with Crippen molar-refractivity contribution in [1.82, 2.24) is 44.1 Å². The lowest BCUT2D eigenvalue weighted by Crippen LogP contribution is -2.62. The monoisotopic (exact) mass is 815 g/mol. The maximum Gasteiger partial charge on any atom is 0.335 e. The summed E-state index contributed by atoms with van der Waals surface area (Å²) in [4.78, 5) is 86.2. The van der Waals surface area contributed by atoms with E-state index in [-0.39, 0.29) is 47.7 Å². The molecule has 8 heterocycles. The standard InChI is InChI=1S/C42H42FN11O6/c43-24-1-5-30(6-2-24)60-35-10-4-28(20-45-35)52-36-37(44)46-23-47-38(36)53(42(52)59)26-13-17-49(18-14-26)25-11-15-50(16-12-25)29-21-51(22-29)27-3-7-31-32(19-27)41(58)54(40(31)57)33-8-9-34(55)48-39(33)56/h1-7,10,19-20,23,25-26,29,33H,8-9,11-18,21-22H2,(H2,44,46,47)(H,48,55,56). The average Bonchev–Trinajstić information content (AvgIpc) is 3.67. The second-order valence-electron chi connectivity index (χ2n) is 16.1. The molecule has 60 heavy (non-hydrogen) atoms. The summed E-state index contributed by atoms with van der Waals surface area (Å²) in [5.41, 5.74) is 8.94. The first-order valence-electron chi connectivity index (χ1n) is 20.3. The van der Waals surface area contributed by atoms with Gasteiger partial charge in [0.15, 0.2) is 11.5 Å². The molecule has 5 aliphatic heterocycles. The highest BCUT2D eigenvalue weighted by Gasteiger charge is 2.45. The molecule has 0 aliphatic carbocycles. The number of carbonyl (C=O) groups excluding carboxylic acids is 4. The fourth-order valence-corrected chi connectivity index (χ4v) is 9.50. The van der Waals surface area contributed by atoms with Crippen molar-refractivity contribution in [2.75, 3.05) is 49.9 Å². The van der Waals surface area contributed by atoms with Crippen molar-refractivity contribution < 1.29 is 28.3 Å². The van der Waals surface area contributed by atoms with E-state index in [9.17, 15) is 28.4 Å². The predicted octanol–water partition coefficient (Wildman–Crippen LogP) is 2.88. The van der Waals surface area contributed by atoms with Gasteiger partial charge in [-0.1, -0.05) is 0 Å². The molecule has 0 bridgehead atoms. The number of hydrogen-bond donors (Lipinski definition) is 2. The van der Waals surface area contributed by atoms with Crippen LogP contribution in [0.25, 0.3) is 16.9 Å². The number of nitrogens with one attached hydrogen (secondary N) is 1. The van der Waals surface area contributed by atoms with E-state index in [1.165, 1.54) is 41.4 Å². The van der Waals surface area contributed by atoms with Gasteiger partial charge in [0, 0.05) is 75.6 Å². The van der Waals surface area contributed by atoms with Crippen LogP contribution >= 0.6 is 0 Å². The number of fused-ring (bicyclic) bond motifs is 2. The average molecular weight is 816 g/mol. The number of ether oxygens (including phenoxy) is 1. The molecule has 1 unspecified atom stereocenters. The quantitative estimate of drug-likeness (QED) is 0.218. The van der Waals surface area contributed by atoms with E-state index in [0.29, 0.717) is 40.2 Å². The number of benzene rings is 2. The number of amides is 4. The molecule has 0 saturated carbocycles. The lowest BCUT2D eigenvalue weighted by molar-refractivity contribution is -0.136. The van der Waals surface area contributed by atoms with Gasteiger partial charge in [-0.25, -0.2) is 24.1 Å². The number of rotatable bonds is 8. The van der Waals surface area contributed by atoms with Crippen molar-refractivity contribution in [3.05, 3.63) is 94.5 Å². The van der Waals surface area contributed by atoms with Gasteiger partial charge in [0.2, 0.25) is 17.7 Å². The first-order chi connectivity index (χ1) is 29.1. The lowest BCUT2D eigenvalue weighted by Gasteiger charge is -2.50. The van der Waals surface area contributed by atoms with Gasteiger partial charge in [-0.2, -0.15) is 0 Å². The molecule has 0 radical (unpaired) electrons. The molecule has 0 spiro atoms. The van der Waals surface area contributed by atoms with Gasteiger partial charge in [-0.3, -0.25) is 43.4 Å². The number of nitrogens with two attached hydrogens (primary N) is 1. The summed E-state index contributed by atoms with van der Waals surface area (Å²) in [7, 11) is 0. The van der Waals surface area contributed by atoms with Gasteiger partial charge in [0.25, 0.3) is 11.8 Å². The van der Waals surface area contributed by atoms with E-state index in [0.717, 1.165) is 75.5 Å². The largest absolute Gasteiger partial charge is 0.439 e. The molecule has 18 heteroatoms. The van der Waals surface area contributed by atoms with E-state index in [2.05, 4.69) is 35.0 Å². The number of carbonyl (C=O) groups is 4. The topological polar surface area (TPSA) is 194 Å². The van der Waals surface area contributed by atoms with Gasteiger partial charge < -0.3 is 20.3 Å². The minimum atomic E-state index is -0.985. The Kier molecular flexibility index (Phi) is 9.39. The van der Waals surface area contributed by atoms with E-state index in [4.69, 9.17) is 10.5 Å². The number of pyridine rings is 1. The molecular formula is C42H42FN11O6. The Balaban J connectivity index is 0.744. The highest BCUT2D eigenvalue weighted by molar-refractivity contribution is 6.23. The van der Waals surface area contributed by atoms with Crippen LogP contribution in [0.2, 0.25) is 0 Å². The van der Waals surface area contributed by atoms with Crippen molar-refractivity contribution in [3.63, 3.8) is 0 Å². The third-order valence-corrected chi connectivity index (χ3v) is 12.7. The lowest BCUT2D eigenvalue weighted by atomic mass is 9.95. The Morgan fingerprint density at radius 3 is 2.12 bits per heavy atom. The van der Waals surface area contributed by atoms with Crippen molar-refractivity contribution in [1.29, 1.82) is 0 Å².